The third-order valence-electron chi connectivity index (χ3n) is 4.90. The van der Waals surface area contributed by atoms with E-state index in [-0.39, 0.29) is 24.5 Å². The van der Waals surface area contributed by atoms with Gasteiger partial charge in [-0.25, -0.2) is 9.18 Å². The summed E-state index contributed by atoms with van der Waals surface area (Å²) in [5.74, 6) is -1.04. The summed E-state index contributed by atoms with van der Waals surface area (Å²) in [7, 11) is 2.92. The number of benzene rings is 2. The van der Waals surface area contributed by atoms with E-state index in [1.807, 2.05) is 6.92 Å². The van der Waals surface area contributed by atoms with Gasteiger partial charge in [-0.15, -0.1) is 0 Å². The number of para-hydroxylation sites is 1. The van der Waals surface area contributed by atoms with Crippen LogP contribution in [0.3, 0.4) is 0 Å². The van der Waals surface area contributed by atoms with Gasteiger partial charge in [-0.2, -0.15) is 0 Å². The van der Waals surface area contributed by atoms with E-state index in [1.165, 1.54) is 20.3 Å². The summed E-state index contributed by atoms with van der Waals surface area (Å²) in [4.78, 5) is 11.8. The number of aliphatic carboxylic acids is 1. The average molecular weight is 390 g/mol. The summed E-state index contributed by atoms with van der Waals surface area (Å²) in [6.45, 7) is 1.88. The maximum atomic E-state index is 13.8. The summed E-state index contributed by atoms with van der Waals surface area (Å²) in [5, 5.41) is 20.4. The minimum atomic E-state index is -1.90. The van der Waals surface area contributed by atoms with Crippen molar-refractivity contribution in [1.82, 2.24) is 0 Å². The van der Waals surface area contributed by atoms with Gasteiger partial charge >= 0.3 is 5.97 Å². The lowest BCUT2D eigenvalue weighted by molar-refractivity contribution is -0.160. The highest BCUT2D eigenvalue weighted by Crippen LogP contribution is 2.29. The molecule has 2 aromatic rings. The molecule has 2 rings (SSSR count). The Kier molecular flexibility index (Phi) is 7.40. The summed E-state index contributed by atoms with van der Waals surface area (Å²) >= 11 is 0. The first-order valence-corrected chi connectivity index (χ1v) is 9.19. The maximum absolute atomic E-state index is 13.8. The number of rotatable bonds is 10. The molecule has 6 heteroatoms. The predicted octanol–water partition coefficient (Wildman–Crippen LogP) is 3.86. The topological polar surface area (TPSA) is 76.0 Å². The van der Waals surface area contributed by atoms with E-state index < -0.39 is 17.4 Å². The van der Waals surface area contributed by atoms with Gasteiger partial charge in [0, 0.05) is 6.42 Å². The second-order valence-corrected chi connectivity index (χ2v) is 7.14. The molecule has 2 atom stereocenters. The molecule has 28 heavy (non-hydrogen) atoms. The average Bonchev–Trinajstić information content (AvgIpc) is 2.66. The molecule has 2 aromatic carbocycles. The predicted molar refractivity (Wildman–Crippen MR) is 104 cm³/mol. The molecule has 0 aliphatic rings. The van der Waals surface area contributed by atoms with Crippen molar-refractivity contribution in [2.24, 2.45) is 5.92 Å². The molecule has 0 radical (unpaired) electrons. The highest BCUT2D eigenvalue weighted by molar-refractivity contribution is 5.77. The van der Waals surface area contributed by atoms with Crippen molar-refractivity contribution < 1.29 is 28.9 Å². The molecular weight excluding hydrogens is 363 g/mol. The molecule has 152 valence electrons. The van der Waals surface area contributed by atoms with Crippen molar-refractivity contribution in [2.45, 2.75) is 38.2 Å². The van der Waals surface area contributed by atoms with Gasteiger partial charge in [-0.3, -0.25) is 0 Å². The Morgan fingerprint density at radius 3 is 2.43 bits per heavy atom. The third kappa shape index (κ3) is 5.45. The van der Waals surface area contributed by atoms with Crippen molar-refractivity contribution in [3.8, 4) is 11.5 Å². The van der Waals surface area contributed by atoms with Gasteiger partial charge in [0.25, 0.3) is 0 Å². The molecule has 0 heterocycles. The molecule has 0 fully saturated rings. The van der Waals surface area contributed by atoms with E-state index in [1.54, 1.807) is 36.4 Å². The Labute approximate surface area is 164 Å². The molecule has 0 amide bonds. The Bertz CT molecular complexity index is 807. The molecule has 2 N–H and O–H groups in total. The van der Waals surface area contributed by atoms with Crippen LogP contribution in [0.5, 0.6) is 11.5 Å². The Balaban J connectivity index is 2.04. The Morgan fingerprint density at radius 1 is 1.14 bits per heavy atom. The fourth-order valence-electron chi connectivity index (χ4n) is 3.36. The van der Waals surface area contributed by atoms with Crippen LogP contribution in [-0.4, -0.2) is 36.0 Å². The highest BCUT2D eigenvalue weighted by Gasteiger charge is 2.38. The van der Waals surface area contributed by atoms with E-state index >= 15 is 0 Å². The lowest BCUT2D eigenvalue weighted by atomic mass is 9.83. The van der Waals surface area contributed by atoms with E-state index in [4.69, 9.17) is 9.47 Å². The van der Waals surface area contributed by atoms with Crippen molar-refractivity contribution in [1.29, 1.82) is 0 Å². The fourth-order valence-corrected chi connectivity index (χ4v) is 3.36. The summed E-state index contributed by atoms with van der Waals surface area (Å²) in [6, 6.07) is 11.8. The number of halogens is 1. The van der Waals surface area contributed by atoms with Gasteiger partial charge in [0.2, 0.25) is 0 Å². The first-order chi connectivity index (χ1) is 13.3. The lowest BCUT2D eigenvalue weighted by Gasteiger charge is -2.27. The minimum absolute atomic E-state index is 0.0478. The van der Waals surface area contributed by atoms with Gasteiger partial charge < -0.3 is 19.7 Å². The standard InChI is InChI=1S/C22H27FO5/c1-15(8-9-16-10-11-20(28-3)18(23)12-16)13-22(26,21(24)25)14-17-6-4-5-7-19(17)27-2/h4-7,10-12,15,26H,8-9,13-14H2,1-3H3,(H,24,25). The van der Waals surface area contributed by atoms with Crippen LogP contribution < -0.4 is 9.47 Å². The molecule has 0 bridgehead atoms. The molecule has 0 spiro atoms. The molecule has 0 saturated heterocycles. The van der Waals surface area contributed by atoms with Crippen molar-refractivity contribution in [2.75, 3.05) is 14.2 Å². The maximum Gasteiger partial charge on any atom is 0.336 e. The molecule has 0 saturated carbocycles. The van der Waals surface area contributed by atoms with Gasteiger partial charge in [0.1, 0.15) is 5.75 Å². The minimum Gasteiger partial charge on any atom is -0.496 e. The van der Waals surface area contributed by atoms with Crippen LogP contribution in [0.25, 0.3) is 0 Å². The van der Waals surface area contributed by atoms with Crippen molar-refractivity contribution in [3.05, 3.63) is 59.4 Å². The monoisotopic (exact) mass is 390 g/mol. The first kappa shape index (κ1) is 21.7. The number of hydrogen-bond donors (Lipinski definition) is 2. The molecule has 0 aliphatic carbocycles. The number of aliphatic hydroxyl groups is 1. The molecule has 0 aromatic heterocycles. The molecule has 5 nitrogen and oxygen atoms in total. The quantitative estimate of drug-likeness (QED) is 0.644. The van der Waals surface area contributed by atoms with Gasteiger partial charge in [0.05, 0.1) is 14.2 Å². The molecular formula is C22H27FO5. The van der Waals surface area contributed by atoms with Crippen molar-refractivity contribution >= 4 is 5.97 Å². The number of carboxylic acids is 1. The summed E-state index contributed by atoms with van der Waals surface area (Å²) < 4.78 is 24.0. The fraction of sp³-hybridized carbons (Fsp3) is 0.409. The summed E-state index contributed by atoms with van der Waals surface area (Å²) in [5.41, 5.74) is -0.466. The normalized spacial score (nSPS) is 14.2. The van der Waals surface area contributed by atoms with Crippen LogP contribution in [0.4, 0.5) is 4.39 Å². The SMILES string of the molecule is COc1ccc(CCC(C)CC(O)(Cc2ccccc2OC)C(=O)O)cc1F. The number of methoxy groups -OCH3 is 2. The van der Waals surface area contributed by atoms with Crippen LogP contribution in [0.15, 0.2) is 42.5 Å². The van der Waals surface area contributed by atoms with Crippen LogP contribution in [0.2, 0.25) is 0 Å². The zero-order valence-electron chi connectivity index (χ0n) is 16.4. The lowest BCUT2D eigenvalue weighted by Crippen LogP contribution is -2.42. The number of aryl methyl sites for hydroxylation is 1. The van der Waals surface area contributed by atoms with E-state index in [2.05, 4.69) is 0 Å². The van der Waals surface area contributed by atoms with E-state index in [9.17, 15) is 19.4 Å². The van der Waals surface area contributed by atoms with E-state index in [0.717, 1.165) is 5.56 Å². The van der Waals surface area contributed by atoms with Crippen LogP contribution in [-0.2, 0) is 17.6 Å². The number of ether oxygens (including phenoxy) is 2. The number of carboxylic acid groups (broad SMARTS) is 1. The summed E-state index contributed by atoms with van der Waals surface area (Å²) in [6.07, 6.45) is 1.23. The van der Waals surface area contributed by atoms with Crippen LogP contribution >= 0.6 is 0 Å². The van der Waals surface area contributed by atoms with Crippen LogP contribution in [0.1, 0.15) is 30.9 Å². The Morgan fingerprint density at radius 2 is 1.82 bits per heavy atom. The highest BCUT2D eigenvalue weighted by atomic mass is 19.1. The third-order valence-corrected chi connectivity index (χ3v) is 4.90. The number of carbonyl (C=O) groups is 1. The van der Waals surface area contributed by atoms with Gasteiger partial charge in [-0.05, 0) is 54.5 Å². The Hall–Kier alpha value is -2.60. The first-order valence-electron chi connectivity index (χ1n) is 9.19. The van der Waals surface area contributed by atoms with Gasteiger partial charge in [0.15, 0.2) is 17.2 Å². The van der Waals surface area contributed by atoms with Gasteiger partial charge in [-0.1, -0.05) is 31.2 Å². The molecule has 2 unspecified atom stereocenters. The zero-order valence-corrected chi connectivity index (χ0v) is 16.4. The van der Waals surface area contributed by atoms with E-state index in [0.29, 0.717) is 24.2 Å². The molecule has 0 aliphatic heterocycles. The number of hydrogen-bond acceptors (Lipinski definition) is 4. The smallest absolute Gasteiger partial charge is 0.336 e. The van der Waals surface area contributed by atoms with Crippen LogP contribution in [0, 0.1) is 11.7 Å². The second kappa shape index (κ2) is 9.55. The zero-order chi connectivity index (χ0) is 20.7. The second-order valence-electron chi connectivity index (χ2n) is 7.14. The largest absolute Gasteiger partial charge is 0.496 e. The van der Waals surface area contributed by atoms with Crippen molar-refractivity contribution in [3.63, 3.8) is 0 Å².